The summed E-state index contributed by atoms with van der Waals surface area (Å²) < 4.78 is 2.45. The van der Waals surface area contributed by atoms with Crippen LogP contribution in [0, 0.1) is 12.8 Å². The maximum absolute atomic E-state index is 11.7. The van der Waals surface area contributed by atoms with Crippen LogP contribution in [0.25, 0.3) is 0 Å². The van der Waals surface area contributed by atoms with E-state index in [2.05, 4.69) is 21.8 Å². The van der Waals surface area contributed by atoms with Gasteiger partial charge in [-0.1, -0.05) is 32.1 Å². The predicted octanol–water partition coefficient (Wildman–Crippen LogP) is 3.55. The SMILES string of the molecule is Cc1cnc(CCNC(=O)C2CC2)n1C1CCCCCCC1. The van der Waals surface area contributed by atoms with Crippen molar-refractivity contribution in [3.63, 3.8) is 0 Å². The van der Waals surface area contributed by atoms with Crippen molar-refractivity contribution >= 4 is 5.91 Å². The molecule has 2 fully saturated rings. The van der Waals surface area contributed by atoms with E-state index in [1.165, 1.54) is 50.6 Å². The smallest absolute Gasteiger partial charge is 0.223 e. The summed E-state index contributed by atoms with van der Waals surface area (Å²) >= 11 is 0. The second-order valence-electron chi connectivity index (χ2n) is 7.00. The summed E-state index contributed by atoms with van der Waals surface area (Å²) in [7, 11) is 0. The van der Waals surface area contributed by atoms with E-state index in [-0.39, 0.29) is 5.91 Å². The highest BCUT2D eigenvalue weighted by Crippen LogP contribution is 2.29. The van der Waals surface area contributed by atoms with E-state index in [0.29, 0.717) is 12.0 Å². The van der Waals surface area contributed by atoms with Crippen molar-refractivity contribution in [2.24, 2.45) is 5.92 Å². The lowest BCUT2D eigenvalue weighted by molar-refractivity contribution is -0.122. The van der Waals surface area contributed by atoms with Crippen LogP contribution in [-0.2, 0) is 11.2 Å². The number of carbonyl (C=O) groups excluding carboxylic acids is 1. The third-order valence-corrected chi connectivity index (χ3v) is 5.09. The number of amides is 1. The molecule has 0 unspecified atom stereocenters. The number of rotatable bonds is 5. The normalized spacial score (nSPS) is 20.4. The lowest BCUT2D eigenvalue weighted by atomic mass is 9.96. The van der Waals surface area contributed by atoms with Crippen LogP contribution in [0.4, 0.5) is 0 Å². The number of aryl methyl sites for hydroxylation is 1. The quantitative estimate of drug-likeness (QED) is 0.904. The lowest BCUT2D eigenvalue weighted by Gasteiger charge is -2.24. The number of nitrogens with one attached hydrogen (secondary N) is 1. The molecule has 0 aliphatic heterocycles. The summed E-state index contributed by atoms with van der Waals surface area (Å²) in [5.41, 5.74) is 1.27. The molecule has 4 heteroatoms. The molecule has 1 heterocycles. The fraction of sp³-hybridized carbons (Fsp3) is 0.778. The van der Waals surface area contributed by atoms with Crippen molar-refractivity contribution in [2.75, 3.05) is 6.54 Å². The second-order valence-corrected chi connectivity index (χ2v) is 7.00. The highest BCUT2D eigenvalue weighted by Gasteiger charge is 2.29. The van der Waals surface area contributed by atoms with E-state index in [4.69, 9.17) is 0 Å². The monoisotopic (exact) mass is 303 g/mol. The number of aromatic nitrogens is 2. The van der Waals surface area contributed by atoms with Crippen LogP contribution in [0.15, 0.2) is 6.20 Å². The van der Waals surface area contributed by atoms with Crippen molar-refractivity contribution in [1.82, 2.24) is 14.9 Å². The Bertz CT molecular complexity index is 496. The molecule has 0 atom stereocenters. The molecule has 2 saturated carbocycles. The van der Waals surface area contributed by atoms with Crippen LogP contribution in [0.2, 0.25) is 0 Å². The molecular formula is C18H29N3O. The summed E-state index contributed by atoms with van der Waals surface area (Å²) in [4.78, 5) is 16.3. The van der Waals surface area contributed by atoms with Gasteiger partial charge in [0.15, 0.2) is 0 Å². The minimum atomic E-state index is 0.237. The fourth-order valence-corrected chi connectivity index (χ4v) is 3.66. The molecule has 0 saturated heterocycles. The lowest BCUT2D eigenvalue weighted by Crippen LogP contribution is -2.28. The van der Waals surface area contributed by atoms with Gasteiger partial charge in [0.1, 0.15) is 5.82 Å². The van der Waals surface area contributed by atoms with Gasteiger partial charge in [0.05, 0.1) is 0 Å². The van der Waals surface area contributed by atoms with Crippen molar-refractivity contribution in [3.8, 4) is 0 Å². The van der Waals surface area contributed by atoms with Gasteiger partial charge in [-0.15, -0.1) is 0 Å². The van der Waals surface area contributed by atoms with Crippen molar-refractivity contribution < 1.29 is 4.79 Å². The number of nitrogens with zero attached hydrogens (tertiary/aromatic N) is 2. The van der Waals surface area contributed by atoms with Gasteiger partial charge in [-0.25, -0.2) is 4.98 Å². The van der Waals surface area contributed by atoms with Gasteiger partial charge in [-0.3, -0.25) is 4.79 Å². The van der Waals surface area contributed by atoms with Gasteiger partial charge in [0, 0.05) is 36.8 Å². The Labute approximate surface area is 133 Å². The first-order chi connectivity index (χ1) is 10.8. The summed E-state index contributed by atoms with van der Waals surface area (Å²) in [5.74, 6) is 1.69. The highest BCUT2D eigenvalue weighted by atomic mass is 16.2. The number of hydrogen-bond donors (Lipinski definition) is 1. The minimum Gasteiger partial charge on any atom is -0.355 e. The second kappa shape index (κ2) is 7.30. The highest BCUT2D eigenvalue weighted by molar-refractivity contribution is 5.80. The molecule has 1 aromatic rings. The van der Waals surface area contributed by atoms with E-state index < -0.39 is 0 Å². The van der Waals surface area contributed by atoms with Crippen molar-refractivity contribution in [2.45, 2.75) is 77.2 Å². The Hall–Kier alpha value is -1.32. The topological polar surface area (TPSA) is 46.9 Å². The van der Waals surface area contributed by atoms with Crippen molar-refractivity contribution in [1.29, 1.82) is 0 Å². The molecule has 1 N–H and O–H groups in total. The molecule has 1 aromatic heterocycles. The molecule has 122 valence electrons. The Morgan fingerprint density at radius 3 is 2.55 bits per heavy atom. The zero-order valence-corrected chi connectivity index (χ0v) is 13.8. The molecule has 0 aromatic carbocycles. The average Bonchev–Trinajstić information content (AvgIpc) is 3.25. The zero-order valence-electron chi connectivity index (χ0n) is 13.8. The maximum atomic E-state index is 11.7. The molecule has 0 bridgehead atoms. The zero-order chi connectivity index (χ0) is 15.4. The van der Waals surface area contributed by atoms with Gasteiger partial charge in [-0.05, 0) is 32.6 Å². The van der Waals surface area contributed by atoms with Crippen LogP contribution < -0.4 is 5.32 Å². The Kier molecular flexibility index (Phi) is 5.16. The maximum Gasteiger partial charge on any atom is 0.223 e. The van der Waals surface area contributed by atoms with Gasteiger partial charge in [0.25, 0.3) is 0 Å². The van der Waals surface area contributed by atoms with E-state index in [0.717, 1.165) is 31.6 Å². The van der Waals surface area contributed by atoms with Gasteiger partial charge in [-0.2, -0.15) is 0 Å². The standard InChI is InChI=1S/C18H29N3O/c1-14-13-20-17(11-12-19-18(22)15-9-10-15)21(14)16-7-5-3-2-4-6-8-16/h13,15-16H,2-12H2,1H3,(H,19,22). The summed E-state index contributed by atoms with van der Waals surface area (Å²) in [5, 5.41) is 3.06. The Balaban J connectivity index is 1.60. The largest absolute Gasteiger partial charge is 0.355 e. The molecule has 22 heavy (non-hydrogen) atoms. The van der Waals surface area contributed by atoms with E-state index in [9.17, 15) is 4.79 Å². The number of hydrogen-bond acceptors (Lipinski definition) is 2. The van der Waals surface area contributed by atoms with Crippen molar-refractivity contribution in [3.05, 3.63) is 17.7 Å². The molecule has 1 amide bonds. The Morgan fingerprint density at radius 2 is 1.86 bits per heavy atom. The number of carbonyl (C=O) groups is 1. The van der Waals surface area contributed by atoms with Crippen LogP contribution >= 0.6 is 0 Å². The molecule has 3 rings (SSSR count). The van der Waals surface area contributed by atoms with E-state index in [1.54, 1.807) is 0 Å². The van der Waals surface area contributed by atoms with Crippen LogP contribution in [0.1, 0.15) is 75.3 Å². The fourth-order valence-electron chi connectivity index (χ4n) is 3.66. The molecular weight excluding hydrogens is 274 g/mol. The van der Waals surface area contributed by atoms with E-state index in [1.807, 2.05) is 6.20 Å². The average molecular weight is 303 g/mol. The summed E-state index contributed by atoms with van der Waals surface area (Å²) in [6.07, 6.45) is 14.4. The molecule has 0 radical (unpaired) electrons. The predicted molar refractivity (Wildman–Crippen MR) is 87.8 cm³/mol. The Morgan fingerprint density at radius 1 is 1.18 bits per heavy atom. The van der Waals surface area contributed by atoms with Gasteiger partial charge < -0.3 is 9.88 Å². The summed E-state index contributed by atoms with van der Waals surface area (Å²) in [6, 6.07) is 0.608. The molecule has 2 aliphatic rings. The van der Waals surface area contributed by atoms with Gasteiger partial charge >= 0.3 is 0 Å². The summed E-state index contributed by atoms with van der Waals surface area (Å²) in [6.45, 7) is 2.89. The first-order valence-corrected chi connectivity index (χ1v) is 9.06. The van der Waals surface area contributed by atoms with Crippen LogP contribution in [-0.4, -0.2) is 22.0 Å². The first kappa shape index (κ1) is 15.6. The third kappa shape index (κ3) is 3.90. The van der Waals surface area contributed by atoms with E-state index >= 15 is 0 Å². The number of imidazole rings is 1. The third-order valence-electron chi connectivity index (χ3n) is 5.09. The molecule has 0 spiro atoms. The van der Waals surface area contributed by atoms with Crippen LogP contribution in [0.5, 0.6) is 0 Å². The minimum absolute atomic E-state index is 0.237. The molecule has 4 nitrogen and oxygen atoms in total. The van der Waals surface area contributed by atoms with Crippen LogP contribution in [0.3, 0.4) is 0 Å². The van der Waals surface area contributed by atoms with Gasteiger partial charge in [0.2, 0.25) is 5.91 Å². The molecule has 2 aliphatic carbocycles. The first-order valence-electron chi connectivity index (χ1n) is 9.06.